The second-order valence-corrected chi connectivity index (χ2v) is 8.20. The number of aliphatic imine (C=N–C) groups is 1. The van der Waals surface area contributed by atoms with Crippen LogP contribution in [-0.2, 0) is 13.5 Å². The van der Waals surface area contributed by atoms with Gasteiger partial charge < -0.3 is 15.4 Å². The number of likely N-dealkylation sites (tertiary alicyclic amines) is 1. The van der Waals surface area contributed by atoms with E-state index in [0.29, 0.717) is 6.54 Å². The molecule has 0 bridgehead atoms. The van der Waals surface area contributed by atoms with Crippen LogP contribution in [0, 0.1) is 13.8 Å². The standard InChI is InChI=1S/C24H38N6O.HI/c1-6-25-24(26-13-12-22-18(2)28-29(4)19(22)3)27-17-23(30-14-7-8-15-30)20-10-9-11-21(16-20)31-5;/h9-11,16,23H,6-8,12-15,17H2,1-5H3,(H2,25,26,27);1H. The van der Waals surface area contributed by atoms with Crippen LogP contribution >= 0.6 is 24.0 Å². The minimum Gasteiger partial charge on any atom is -0.497 e. The lowest BCUT2D eigenvalue weighted by atomic mass is 10.1. The van der Waals surface area contributed by atoms with Crippen LogP contribution in [0.2, 0.25) is 0 Å². The predicted molar refractivity (Wildman–Crippen MR) is 142 cm³/mol. The number of aromatic nitrogens is 2. The fourth-order valence-corrected chi connectivity index (χ4v) is 4.34. The van der Waals surface area contributed by atoms with Crippen LogP contribution in [0.3, 0.4) is 0 Å². The molecule has 0 aliphatic carbocycles. The predicted octanol–water partition coefficient (Wildman–Crippen LogP) is 3.60. The average Bonchev–Trinajstić information content (AvgIpc) is 3.38. The van der Waals surface area contributed by atoms with E-state index in [0.717, 1.165) is 50.0 Å². The molecular weight excluding hydrogens is 515 g/mol. The van der Waals surface area contributed by atoms with Crippen LogP contribution in [0.15, 0.2) is 29.3 Å². The largest absolute Gasteiger partial charge is 0.497 e. The van der Waals surface area contributed by atoms with Gasteiger partial charge in [0.25, 0.3) is 0 Å². The highest BCUT2D eigenvalue weighted by Gasteiger charge is 2.23. The van der Waals surface area contributed by atoms with Crippen LogP contribution < -0.4 is 15.4 Å². The third kappa shape index (κ3) is 6.84. The highest BCUT2D eigenvalue weighted by Crippen LogP contribution is 2.27. The molecule has 8 heteroatoms. The van der Waals surface area contributed by atoms with Gasteiger partial charge in [0.1, 0.15) is 5.75 Å². The first-order valence-electron chi connectivity index (χ1n) is 11.4. The summed E-state index contributed by atoms with van der Waals surface area (Å²) in [6.07, 6.45) is 3.44. The van der Waals surface area contributed by atoms with Gasteiger partial charge >= 0.3 is 0 Å². The summed E-state index contributed by atoms with van der Waals surface area (Å²) in [5.41, 5.74) is 4.92. The smallest absolute Gasteiger partial charge is 0.191 e. The van der Waals surface area contributed by atoms with E-state index < -0.39 is 0 Å². The lowest BCUT2D eigenvalue weighted by Gasteiger charge is -2.27. The molecule has 2 N–H and O–H groups in total. The van der Waals surface area contributed by atoms with Crippen molar-refractivity contribution in [3.63, 3.8) is 0 Å². The Balaban J connectivity index is 0.00000363. The summed E-state index contributed by atoms with van der Waals surface area (Å²) in [5, 5.41) is 11.4. The minimum atomic E-state index is 0. The maximum Gasteiger partial charge on any atom is 0.191 e. The fourth-order valence-electron chi connectivity index (χ4n) is 4.34. The lowest BCUT2D eigenvalue weighted by Crippen LogP contribution is -2.39. The number of rotatable bonds is 9. The van der Waals surface area contributed by atoms with Gasteiger partial charge in [0.2, 0.25) is 0 Å². The number of guanidine groups is 1. The average molecular weight is 555 g/mol. The first-order chi connectivity index (χ1) is 15.0. The summed E-state index contributed by atoms with van der Waals surface area (Å²) in [4.78, 5) is 7.51. The first-order valence-corrected chi connectivity index (χ1v) is 11.4. The molecule has 2 heterocycles. The number of halogens is 1. The van der Waals surface area contributed by atoms with Gasteiger partial charge in [-0.3, -0.25) is 14.6 Å². The number of nitrogens with one attached hydrogen (secondary N) is 2. The number of ether oxygens (including phenoxy) is 1. The van der Waals surface area contributed by atoms with Crippen molar-refractivity contribution in [1.82, 2.24) is 25.3 Å². The highest BCUT2D eigenvalue weighted by atomic mass is 127. The Morgan fingerprint density at radius 2 is 1.97 bits per heavy atom. The molecule has 0 spiro atoms. The zero-order chi connectivity index (χ0) is 22.2. The molecule has 1 atom stereocenters. The van der Waals surface area contributed by atoms with Gasteiger partial charge in [0.15, 0.2) is 5.96 Å². The number of aryl methyl sites for hydroxylation is 2. The Bertz CT molecular complexity index is 875. The van der Waals surface area contributed by atoms with Gasteiger partial charge in [-0.25, -0.2) is 0 Å². The minimum absolute atomic E-state index is 0. The van der Waals surface area contributed by atoms with Crippen LogP contribution in [-0.4, -0.2) is 60.5 Å². The van der Waals surface area contributed by atoms with E-state index in [9.17, 15) is 0 Å². The van der Waals surface area contributed by atoms with Crippen molar-refractivity contribution in [3.05, 3.63) is 46.8 Å². The maximum atomic E-state index is 5.46. The summed E-state index contributed by atoms with van der Waals surface area (Å²) in [7, 11) is 3.73. The molecule has 2 aromatic rings. The van der Waals surface area contributed by atoms with Crippen molar-refractivity contribution in [1.29, 1.82) is 0 Å². The van der Waals surface area contributed by atoms with Crippen LogP contribution in [0.4, 0.5) is 0 Å². The molecule has 1 saturated heterocycles. The highest BCUT2D eigenvalue weighted by molar-refractivity contribution is 14.0. The maximum absolute atomic E-state index is 5.46. The Morgan fingerprint density at radius 1 is 1.22 bits per heavy atom. The van der Waals surface area contributed by atoms with E-state index in [2.05, 4.69) is 59.6 Å². The van der Waals surface area contributed by atoms with E-state index >= 15 is 0 Å². The normalized spacial score (nSPS) is 15.3. The molecule has 7 nitrogen and oxygen atoms in total. The van der Waals surface area contributed by atoms with E-state index in [1.54, 1.807) is 7.11 Å². The molecule has 0 radical (unpaired) electrons. The number of nitrogens with zero attached hydrogens (tertiary/aromatic N) is 4. The number of hydrogen-bond acceptors (Lipinski definition) is 4. The molecule has 1 aromatic carbocycles. The summed E-state index contributed by atoms with van der Waals surface area (Å²) < 4.78 is 7.42. The SMILES string of the molecule is CCNC(=NCC(c1cccc(OC)c1)N1CCCC1)NCCc1c(C)nn(C)c1C.I. The molecule has 3 rings (SSSR count). The third-order valence-electron chi connectivity index (χ3n) is 6.15. The molecule has 1 fully saturated rings. The molecule has 0 saturated carbocycles. The number of methoxy groups -OCH3 is 1. The van der Waals surface area contributed by atoms with Crippen molar-refractivity contribution >= 4 is 29.9 Å². The van der Waals surface area contributed by atoms with Gasteiger partial charge in [-0.2, -0.15) is 5.10 Å². The molecule has 1 unspecified atom stereocenters. The Kier molecular flexibility index (Phi) is 10.8. The van der Waals surface area contributed by atoms with Crippen molar-refractivity contribution < 1.29 is 4.74 Å². The van der Waals surface area contributed by atoms with E-state index in [4.69, 9.17) is 9.73 Å². The van der Waals surface area contributed by atoms with Crippen molar-refractivity contribution in [2.24, 2.45) is 12.0 Å². The second kappa shape index (κ2) is 13.0. The summed E-state index contributed by atoms with van der Waals surface area (Å²) >= 11 is 0. The van der Waals surface area contributed by atoms with Gasteiger partial charge in [-0.15, -0.1) is 24.0 Å². The Hall–Kier alpha value is -1.81. The van der Waals surface area contributed by atoms with E-state index in [1.807, 2.05) is 17.8 Å². The van der Waals surface area contributed by atoms with Gasteiger partial charge in [0, 0.05) is 25.8 Å². The zero-order valence-corrected chi connectivity index (χ0v) is 22.5. The van der Waals surface area contributed by atoms with Crippen LogP contribution in [0.25, 0.3) is 0 Å². The Morgan fingerprint density at radius 3 is 2.59 bits per heavy atom. The molecule has 178 valence electrons. The van der Waals surface area contributed by atoms with E-state index in [1.165, 1.54) is 29.7 Å². The fraction of sp³-hybridized carbons (Fsp3) is 0.583. The lowest BCUT2D eigenvalue weighted by molar-refractivity contribution is 0.251. The number of hydrogen-bond donors (Lipinski definition) is 2. The van der Waals surface area contributed by atoms with Crippen molar-refractivity contribution in [2.75, 3.05) is 39.8 Å². The molecule has 32 heavy (non-hydrogen) atoms. The quantitative estimate of drug-likeness (QED) is 0.282. The third-order valence-corrected chi connectivity index (χ3v) is 6.15. The van der Waals surface area contributed by atoms with Gasteiger partial charge in [-0.05, 0) is 76.4 Å². The molecule has 1 aliphatic rings. The summed E-state index contributed by atoms with van der Waals surface area (Å²) in [5.74, 6) is 1.77. The molecule has 1 aromatic heterocycles. The zero-order valence-electron chi connectivity index (χ0n) is 20.1. The van der Waals surface area contributed by atoms with Crippen LogP contribution in [0.1, 0.15) is 48.3 Å². The molecule has 1 aliphatic heterocycles. The molecule has 0 amide bonds. The van der Waals surface area contributed by atoms with Gasteiger partial charge in [0.05, 0.1) is 25.4 Å². The van der Waals surface area contributed by atoms with Crippen molar-refractivity contribution in [3.8, 4) is 5.75 Å². The van der Waals surface area contributed by atoms with Crippen LogP contribution in [0.5, 0.6) is 5.75 Å². The topological polar surface area (TPSA) is 66.7 Å². The summed E-state index contributed by atoms with van der Waals surface area (Å²) in [6.45, 7) is 10.9. The first kappa shape index (κ1) is 26.4. The summed E-state index contributed by atoms with van der Waals surface area (Å²) in [6, 6.07) is 8.67. The Labute approximate surface area is 210 Å². The van der Waals surface area contributed by atoms with Crippen molar-refractivity contribution in [2.45, 2.75) is 46.1 Å². The molecular formula is C24H39IN6O. The number of benzene rings is 1. The second-order valence-electron chi connectivity index (χ2n) is 8.20. The van der Waals surface area contributed by atoms with Gasteiger partial charge in [-0.1, -0.05) is 12.1 Å². The monoisotopic (exact) mass is 554 g/mol. The van der Waals surface area contributed by atoms with E-state index in [-0.39, 0.29) is 30.0 Å².